The van der Waals surface area contributed by atoms with Crippen LogP contribution in [0, 0.1) is 17.8 Å². The molecule has 4 unspecified atom stereocenters. The number of hydrogen-bond acceptors (Lipinski definition) is 15. The summed E-state index contributed by atoms with van der Waals surface area (Å²) in [6, 6.07) is 0. The van der Waals surface area contributed by atoms with Crippen molar-refractivity contribution in [3.8, 4) is 0 Å². The van der Waals surface area contributed by atoms with Gasteiger partial charge in [-0.15, -0.1) is 0 Å². The maximum atomic E-state index is 13.1. The fourth-order valence-electron chi connectivity index (χ4n) is 11.7. The van der Waals surface area contributed by atoms with Crippen LogP contribution in [-0.4, -0.2) is 96.7 Å². The molecule has 19 heteroatoms. The fraction of sp³-hybridized carbons (Fsp3) is 0.948. The maximum absolute atomic E-state index is 13.1. The molecule has 0 radical (unpaired) electrons. The van der Waals surface area contributed by atoms with E-state index in [1.165, 1.54) is 199 Å². The SMILES string of the molecule is CCCCCCCCCCCCCCCCC(=O)O[C@H](COC(=O)CCCCCCCCC(C)CC)COP(=O)(O)OC[C@H](O)COP(=O)(O)OC[C@@H](COC(=O)CCCCCCCCCCCCC(C)CC)OC(=O)CCCCCCCCCCCCCCCCCC(C)C. The van der Waals surface area contributed by atoms with Gasteiger partial charge >= 0.3 is 39.5 Å². The van der Waals surface area contributed by atoms with Crippen molar-refractivity contribution in [2.24, 2.45) is 17.8 Å². The monoisotopic (exact) mass is 1410 g/mol. The Morgan fingerprint density at radius 1 is 0.302 bits per heavy atom. The maximum Gasteiger partial charge on any atom is 0.472 e. The summed E-state index contributed by atoms with van der Waals surface area (Å²) in [4.78, 5) is 72.9. The van der Waals surface area contributed by atoms with Crippen molar-refractivity contribution < 1.29 is 80.2 Å². The van der Waals surface area contributed by atoms with Gasteiger partial charge in [0.1, 0.15) is 19.3 Å². The Bertz CT molecular complexity index is 1870. The predicted octanol–water partition coefficient (Wildman–Crippen LogP) is 22.6. The normalized spacial score (nSPS) is 14.6. The second-order valence-electron chi connectivity index (χ2n) is 28.7. The molecule has 0 aromatic rings. The van der Waals surface area contributed by atoms with Crippen LogP contribution in [0.3, 0.4) is 0 Å². The van der Waals surface area contributed by atoms with Crippen LogP contribution in [0.5, 0.6) is 0 Å². The molecule has 17 nitrogen and oxygen atoms in total. The van der Waals surface area contributed by atoms with Gasteiger partial charge in [0.25, 0.3) is 0 Å². The van der Waals surface area contributed by atoms with Gasteiger partial charge in [0, 0.05) is 25.7 Å². The molecule has 96 heavy (non-hydrogen) atoms. The molecule has 570 valence electrons. The lowest BCUT2D eigenvalue weighted by molar-refractivity contribution is -0.161. The van der Waals surface area contributed by atoms with Gasteiger partial charge in [0.2, 0.25) is 0 Å². The number of carbonyl (C=O) groups is 4. The molecule has 0 aromatic heterocycles. The Labute approximate surface area is 588 Å². The van der Waals surface area contributed by atoms with Crippen molar-refractivity contribution in [2.45, 2.75) is 414 Å². The van der Waals surface area contributed by atoms with Gasteiger partial charge < -0.3 is 33.8 Å². The number of unbranched alkanes of at least 4 members (excludes halogenated alkanes) is 41. The van der Waals surface area contributed by atoms with E-state index in [-0.39, 0.29) is 25.7 Å². The Morgan fingerprint density at radius 3 is 0.792 bits per heavy atom. The zero-order valence-corrected chi connectivity index (χ0v) is 64.6. The van der Waals surface area contributed by atoms with Gasteiger partial charge in [-0.2, -0.15) is 0 Å². The van der Waals surface area contributed by atoms with Crippen molar-refractivity contribution in [3.63, 3.8) is 0 Å². The van der Waals surface area contributed by atoms with E-state index in [1.54, 1.807) is 0 Å². The van der Waals surface area contributed by atoms with E-state index in [0.717, 1.165) is 114 Å². The highest BCUT2D eigenvalue weighted by Crippen LogP contribution is 2.45. The van der Waals surface area contributed by atoms with Crippen LogP contribution in [0.4, 0.5) is 0 Å². The third-order valence-corrected chi connectivity index (χ3v) is 20.5. The Balaban J connectivity index is 5.26. The second kappa shape index (κ2) is 67.5. The van der Waals surface area contributed by atoms with Crippen molar-refractivity contribution >= 4 is 39.5 Å². The number of esters is 4. The lowest BCUT2D eigenvalue weighted by Gasteiger charge is -2.21. The van der Waals surface area contributed by atoms with Gasteiger partial charge in [-0.3, -0.25) is 37.3 Å². The molecule has 0 saturated heterocycles. The third-order valence-electron chi connectivity index (χ3n) is 18.6. The topological polar surface area (TPSA) is 237 Å². The molecule has 0 rings (SSSR count). The van der Waals surface area contributed by atoms with Gasteiger partial charge in [-0.1, -0.05) is 344 Å². The van der Waals surface area contributed by atoms with Crippen molar-refractivity contribution in [2.75, 3.05) is 39.6 Å². The Morgan fingerprint density at radius 2 is 0.531 bits per heavy atom. The van der Waals surface area contributed by atoms with Crippen molar-refractivity contribution in [3.05, 3.63) is 0 Å². The van der Waals surface area contributed by atoms with Gasteiger partial charge in [-0.05, 0) is 43.4 Å². The first-order chi connectivity index (χ1) is 46.3. The number of rotatable bonds is 75. The van der Waals surface area contributed by atoms with Gasteiger partial charge in [-0.25, -0.2) is 9.13 Å². The molecule has 3 N–H and O–H groups in total. The highest BCUT2D eigenvalue weighted by molar-refractivity contribution is 7.47. The number of carbonyl (C=O) groups excluding carboxylic acids is 4. The molecule has 0 fully saturated rings. The summed E-state index contributed by atoms with van der Waals surface area (Å²) in [5.41, 5.74) is 0. The lowest BCUT2D eigenvalue weighted by Crippen LogP contribution is -2.30. The molecule has 7 atom stereocenters. The van der Waals surface area contributed by atoms with E-state index < -0.39 is 97.5 Å². The van der Waals surface area contributed by atoms with Crippen molar-refractivity contribution in [1.29, 1.82) is 0 Å². The zero-order chi connectivity index (χ0) is 70.9. The minimum Gasteiger partial charge on any atom is -0.462 e. The highest BCUT2D eigenvalue weighted by Gasteiger charge is 2.30. The minimum absolute atomic E-state index is 0.107. The molecule has 0 bridgehead atoms. The van der Waals surface area contributed by atoms with Crippen molar-refractivity contribution in [1.82, 2.24) is 0 Å². The first-order valence-corrected chi connectivity index (χ1v) is 42.9. The van der Waals surface area contributed by atoms with E-state index in [1.807, 2.05) is 0 Å². The molecule has 0 aliphatic rings. The third kappa shape index (κ3) is 67.9. The summed E-state index contributed by atoms with van der Waals surface area (Å²) in [6.45, 7) is 11.9. The number of aliphatic hydroxyl groups excluding tert-OH is 1. The van der Waals surface area contributed by atoms with E-state index in [4.69, 9.17) is 37.0 Å². The lowest BCUT2D eigenvalue weighted by atomic mass is 9.99. The summed E-state index contributed by atoms with van der Waals surface area (Å²) < 4.78 is 68.6. The molecule has 0 aliphatic heterocycles. The number of phosphoric ester groups is 2. The minimum atomic E-state index is -4.96. The Kier molecular flexibility index (Phi) is 66.2. The summed E-state index contributed by atoms with van der Waals surface area (Å²) in [6.07, 6.45) is 54.0. The smallest absolute Gasteiger partial charge is 0.462 e. The summed E-state index contributed by atoms with van der Waals surface area (Å²) in [7, 11) is -9.91. The number of aliphatic hydroxyl groups is 1. The van der Waals surface area contributed by atoms with Crippen LogP contribution >= 0.6 is 15.6 Å². The molecule has 0 heterocycles. The summed E-state index contributed by atoms with van der Waals surface area (Å²) in [5, 5.41) is 10.6. The Hall–Kier alpha value is -1.94. The molecular weight excluding hydrogens is 1260 g/mol. The molecule has 0 aromatic carbocycles. The largest absolute Gasteiger partial charge is 0.472 e. The summed E-state index contributed by atoms with van der Waals surface area (Å²) in [5.74, 6) is 0.227. The molecule has 0 saturated carbocycles. The van der Waals surface area contributed by atoms with E-state index in [2.05, 4.69) is 48.5 Å². The van der Waals surface area contributed by atoms with Crippen LogP contribution in [-0.2, 0) is 65.4 Å². The second-order valence-corrected chi connectivity index (χ2v) is 31.6. The van der Waals surface area contributed by atoms with E-state index >= 15 is 0 Å². The average molecular weight is 1410 g/mol. The number of ether oxygens (including phenoxy) is 4. The van der Waals surface area contributed by atoms with Crippen LogP contribution in [0.15, 0.2) is 0 Å². The molecule has 0 spiro atoms. The molecular formula is C77H150O17P2. The standard InChI is InChI=1S/C77H150O17P2/c1-8-11-12-13-14-15-16-17-22-25-32-37-46-53-60-77(82)94-73(65-88-75(80)59-52-45-40-39-43-50-57-70(7)10-3)67-92-96(85,86)90-63-71(78)62-89-95(83,84)91-66-72(64-87-74(79)58-51-44-36-31-28-27-30-35-42-49-56-69(6)9-2)93-76(81)61-54-47-38-33-26-23-20-18-19-21-24-29-34-41-48-55-68(4)5/h68-73,78H,8-67H2,1-7H3,(H,83,84)(H,85,86)/t69?,70?,71-,72-,73-/m1/s1. The number of phosphoric acid groups is 2. The highest BCUT2D eigenvalue weighted by atomic mass is 31.2. The number of hydrogen-bond donors (Lipinski definition) is 3. The zero-order valence-electron chi connectivity index (χ0n) is 62.8. The van der Waals surface area contributed by atoms with Crippen LogP contribution < -0.4 is 0 Å². The summed E-state index contributed by atoms with van der Waals surface area (Å²) >= 11 is 0. The van der Waals surface area contributed by atoms with Crippen LogP contribution in [0.25, 0.3) is 0 Å². The van der Waals surface area contributed by atoms with Crippen LogP contribution in [0.1, 0.15) is 395 Å². The molecule has 0 aliphatic carbocycles. The molecule has 0 amide bonds. The van der Waals surface area contributed by atoms with E-state index in [0.29, 0.717) is 25.7 Å². The average Bonchev–Trinajstić information content (AvgIpc) is 3.07. The van der Waals surface area contributed by atoms with E-state index in [9.17, 15) is 43.2 Å². The first-order valence-electron chi connectivity index (χ1n) is 39.9. The first kappa shape index (κ1) is 94.1. The van der Waals surface area contributed by atoms with Crippen LogP contribution in [0.2, 0.25) is 0 Å². The quantitative estimate of drug-likeness (QED) is 0.0222. The van der Waals surface area contributed by atoms with Gasteiger partial charge in [0.15, 0.2) is 12.2 Å². The van der Waals surface area contributed by atoms with Gasteiger partial charge in [0.05, 0.1) is 26.4 Å². The predicted molar refractivity (Wildman–Crippen MR) is 391 cm³/mol. The fourth-order valence-corrected chi connectivity index (χ4v) is 13.3.